The first kappa shape index (κ1) is 13.0. The summed E-state index contributed by atoms with van der Waals surface area (Å²) in [5.74, 6) is -0.216. The molecule has 0 spiro atoms. The predicted molar refractivity (Wildman–Crippen MR) is 82.5 cm³/mol. The van der Waals surface area contributed by atoms with E-state index in [-0.39, 0.29) is 11.6 Å². The molecule has 0 saturated carbocycles. The Labute approximate surface area is 130 Å². The SMILES string of the molecule is O=C1c2ccccc2C(=O)c2c(Sc3ncc[nH]3)cccc21. The van der Waals surface area contributed by atoms with Crippen molar-refractivity contribution >= 4 is 23.3 Å². The first-order chi connectivity index (χ1) is 10.8. The van der Waals surface area contributed by atoms with Crippen LogP contribution in [-0.2, 0) is 0 Å². The van der Waals surface area contributed by atoms with Crippen molar-refractivity contribution in [2.24, 2.45) is 0 Å². The average molecular weight is 306 g/mol. The molecule has 0 saturated heterocycles. The molecule has 1 heterocycles. The monoisotopic (exact) mass is 306 g/mol. The van der Waals surface area contributed by atoms with Gasteiger partial charge in [0.15, 0.2) is 16.7 Å². The van der Waals surface area contributed by atoms with Crippen molar-refractivity contribution < 1.29 is 9.59 Å². The molecule has 22 heavy (non-hydrogen) atoms. The smallest absolute Gasteiger partial charge is 0.195 e. The minimum atomic E-state index is -0.111. The number of aromatic nitrogens is 2. The van der Waals surface area contributed by atoms with E-state index in [0.717, 1.165) is 4.90 Å². The zero-order valence-corrected chi connectivity index (χ0v) is 12.2. The molecule has 1 aliphatic carbocycles. The molecule has 0 bridgehead atoms. The molecule has 0 unspecified atom stereocenters. The van der Waals surface area contributed by atoms with Gasteiger partial charge in [-0.3, -0.25) is 9.59 Å². The van der Waals surface area contributed by atoms with Crippen molar-refractivity contribution in [1.29, 1.82) is 0 Å². The van der Waals surface area contributed by atoms with Crippen LogP contribution in [0.3, 0.4) is 0 Å². The lowest BCUT2D eigenvalue weighted by molar-refractivity contribution is 0.0977. The Kier molecular flexibility index (Phi) is 2.94. The maximum absolute atomic E-state index is 12.8. The van der Waals surface area contributed by atoms with Crippen molar-refractivity contribution in [3.05, 3.63) is 77.1 Å². The molecule has 0 amide bonds. The number of aromatic amines is 1. The standard InChI is InChI=1S/C17H10N2O2S/c20-15-10-4-1-2-5-11(10)16(21)14-12(15)6-3-7-13(14)22-17-18-8-9-19-17/h1-9H,(H,18,19). The molecular weight excluding hydrogens is 296 g/mol. The summed E-state index contributed by atoms with van der Waals surface area (Å²) >= 11 is 1.35. The van der Waals surface area contributed by atoms with Gasteiger partial charge in [-0.1, -0.05) is 48.2 Å². The number of carbonyl (C=O) groups excluding carboxylic acids is 2. The maximum atomic E-state index is 12.8. The number of ketones is 2. The first-order valence-electron chi connectivity index (χ1n) is 6.74. The fourth-order valence-electron chi connectivity index (χ4n) is 2.61. The third-order valence-electron chi connectivity index (χ3n) is 3.59. The van der Waals surface area contributed by atoms with Gasteiger partial charge in [-0.2, -0.15) is 0 Å². The number of hydrogen-bond acceptors (Lipinski definition) is 4. The Bertz CT molecular complexity index is 901. The zero-order chi connectivity index (χ0) is 15.1. The Morgan fingerprint density at radius 3 is 2.32 bits per heavy atom. The van der Waals surface area contributed by atoms with Crippen LogP contribution in [0, 0.1) is 0 Å². The highest BCUT2D eigenvalue weighted by Crippen LogP contribution is 2.35. The number of rotatable bonds is 2. The molecule has 0 radical (unpaired) electrons. The molecule has 106 valence electrons. The lowest BCUT2D eigenvalue weighted by atomic mass is 9.84. The zero-order valence-electron chi connectivity index (χ0n) is 11.4. The molecular formula is C17H10N2O2S. The van der Waals surface area contributed by atoms with Crippen LogP contribution in [0.1, 0.15) is 31.8 Å². The largest absolute Gasteiger partial charge is 0.339 e. The Morgan fingerprint density at radius 1 is 0.864 bits per heavy atom. The summed E-state index contributed by atoms with van der Waals surface area (Å²) in [6.45, 7) is 0. The molecule has 5 heteroatoms. The Balaban J connectivity index is 1.90. The van der Waals surface area contributed by atoms with Crippen LogP contribution in [0.2, 0.25) is 0 Å². The number of imidazole rings is 1. The van der Waals surface area contributed by atoms with Gasteiger partial charge in [0.2, 0.25) is 0 Å². The van der Waals surface area contributed by atoms with Crippen LogP contribution in [0.5, 0.6) is 0 Å². The van der Waals surface area contributed by atoms with Gasteiger partial charge in [0.05, 0.1) is 0 Å². The highest BCUT2D eigenvalue weighted by Gasteiger charge is 2.31. The topological polar surface area (TPSA) is 62.8 Å². The van der Waals surface area contributed by atoms with Gasteiger partial charge in [0.1, 0.15) is 0 Å². The van der Waals surface area contributed by atoms with Crippen molar-refractivity contribution in [2.75, 3.05) is 0 Å². The fraction of sp³-hybridized carbons (Fsp3) is 0. The summed E-state index contributed by atoms with van der Waals surface area (Å²) in [5, 5.41) is 0.688. The van der Waals surface area contributed by atoms with Crippen molar-refractivity contribution in [2.45, 2.75) is 10.1 Å². The third kappa shape index (κ3) is 1.90. The second-order valence-corrected chi connectivity index (χ2v) is 5.91. The third-order valence-corrected chi connectivity index (χ3v) is 4.57. The van der Waals surface area contributed by atoms with Gasteiger partial charge in [-0.05, 0) is 6.07 Å². The highest BCUT2D eigenvalue weighted by atomic mass is 32.2. The highest BCUT2D eigenvalue weighted by molar-refractivity contribution is 7.99. The summed E-state index contributed by atoms with van der Waals surface area (Å²) in [4.78, 5) is 33.3. The number of benzene rings is 2. The summed E-state index contributed by atoms with van der Waals surface area (Å²) < 4.78 is 0. The maximum Gasteiger partial charge on any atom is 0.195 e. The first-order valence-corrected chi connectivity index (χ1v) is 7.56. The summed E-state index contributed by atoms with van der Waals surface area (Å²) in [6, 6.07) is 12.3. The van der Waals surface area contributed by atoms with E-state index in [1.54, 1.807) is 48.8 Å². The molecule has 1 aliphatic rings. The molecule has 1 N–H and O–H groups in total. The van der Waals surface area contributed by atoms with E-state index < -0.39 is 0 Å². The molecule has 2 aromatic carbocycles. The summed E-state index contributed by atoms with van der Waals surface area (Å²) in [5.41, 5.74) is 1.86. The van der Waals surface area contributed by atoms with Crippen LogP contribution in [0.15, 0.2) is 64.9 Å². The predicted octanol–water partition coefficient (Wildman–Crippen LogP) is 3.34. The Hall–Kier alpha value is -2.66. The normalized spacial score (nSPS) is 12.9. The number of carbonyl (C=O) groups is 2. The number of fused-ring (bicyclic) bond motifs is 2. The molecule has 0 aliphatic heterocycles. The average Bonchev–Trinajstić information content (AvgIpc) is 3.05. The summed E-state index contributed by atoms with van der Waals surface area (Å²) in [6.07, 6.45) is 3.37. The number of nitrogens with zero attached hydrogens (tertiary/aromatic N) is 1. The van der Waals surface area contributed by atoms with Gasteiger partial charge in [0, 0.05) is 39.5 Å². The lowest BCUT2D eigenvalue weighted by Crippen LogP contribution is -2.21. The second kappa shape index (κ2) is 4.96. The minimum Gasteiger partial charge on any atom is -0.339 e. The van der Waals surface area contributed by atoms with Crippen LogP contribution in [0.4, 0.5) is 0 Å². The van der Waals surface area contributed by atoms with Gasteiger partial charge in [0.25, 0.3) is 0 Å². The molecule has 4 nitrogen and oxygen atoms in total. The van der Waals surface area contributed by atoms with E-state index in [0.29, 0.717) is 27.4 Å². The van der Waals surface area contributed by atoms with E-state index >= 15 is 0 Å². The summed E-state index contributed by atoms with van der Waals surface area (Å²) in [7, 11) is 0. The molecule has 1 aromatic heterocycles. The molecule has 3 aromatic rings. The van der Waals surface area contributed by atoms with Gasteiger partial charge in [-0.15, -0.1) is 0 Å². The van der Waals surface area contributed by atoms with Crippen LogP contribution >= 0.6 is 11.8 Å². The van der Waals surface area contributed by atoms with Crippen LogP contribution in [-0.4, -0.2) is 21.5 Å². The lowest BCUT2D eigenvalue weighted by Gasteiger charge is -2.19. The molecule has 4 rings (SSSR count). The quantitative estimate of drug-likeness (QED) is 0.617. The van der Waals surface area contributed by atoms with E-state index in [2.05, 4.69) is 9.97 Å². The van der Waals surface area contributed by atoms with Gasteiger partial charge < -0.3 is 4.98 Å². The second-order valence-electron chi connectivity index (χ2n) is 4.88. The van der Waals surface area contributed by atoms with E-state index in [1.165, 1.54) is 11.8 Å². The fourth-order valence-corrected chi connectivity index (χ4v) is 3.51. The minimum absolute atomic E-state index is 0.105. The number of H-pyrrole nitrogens is 1. The van der Waals surface area contributed by atoms with E-state index in [1.807, 2.05) is 6.07 Å². The van der Waals surface area contributed by atoms with Crippen LogP contribution in [0.25, 0.3) is 0 Å². The molecule has 0 atom stereocenters. The Morgan fingerprint density at radius 2 is 1.59 bits per heavy atom. The van der Waals surface area contributed by atoms with Crippen molar-refractivity contribution in [3.63, 3.8) is 0 Å². The van der Waals surface area contributed by atoms with Gasteiger partial charge >= 0.3 is 0 Å². The van der Waals surface area contributed by atoms with Gasteiger partial charge in [-0.25, -0.2) is 4.98 Å². The van der Waals surface area contributed by atoms with E-state index in [4.69, 9.17) is 0 Å². The molecule has 0 fully saturated rings. The van der Waals surface area contributed by atoms with E-state index in [9.17, 15) is 9.59 Å². The van der Waals surface area contributed by atoms with Crippen LogP contribution < -0.4 is 0 Å². The number of nitrogens with one attached hydrogen (secondary N) is 1. The van der Waals surface area contributed by atoms with Crippen molar-refractivity contribution in [1.82, 2.24) is 9.97 Å². The van der Waals surface area contributed by atoms with Crippen molar-refractivity contribution in [3.8, 4) is 0 Å². The number of hydrogen-bond donors (Lipinski definition) is 1.